The van der Waals surface area contributed by atoms with E-state index in [4.69, 9.17) is 0 Å². The standard InChI is InChI=1S/C17H22N4O/c1-20-9-4-10-21(12-11-20)17-16(18-7-8-19-17)15-6-3-2-5-14(15)13-22/h2-3,5-8,22H,4,9-13H2,1H3. The molecule has 1 aromatic carbocycles. The fourth-order valence-corrected chi connectivity index (χ4v) is 2.90. The Morgan fingerprint density at radius 1 is 1.05 bits per heavy atom. The first kappa shape index (κ1) is 14.9. The molecule has 2 aromatic rings. The van der Waals surface area contributed by atoms with Gasteiger partial charge in [-0.15, -0.1) is 0 Å². The van der Waals surface area contributed by atoms with Gasteiger partial charge in [0, 0.05) is 37.6 Å². The number of benzene rings is 1. The smallest absolute Gasteiger partial charge is 0.155 e. The van der Waals surface area contributed by atoms with Gasteiger partial charge in [0.25, 0.3) is 0 Å². The zero-order chi connectivity index (χ0) is 15.4. The Balaban J connectivity index is 1.99. The maximum absolute atomic E-state index is 9.59. The molecule has 2 heterocycles. The van der Waals surface area contributed by atoms with Gasteiger partial charge in [0.1, 0.15) is 5.69 Å². The first-order chi connectivity index (χ1) is 10.8. The van der Waals surface area contributed by atoms with Crippen LogP contribution in [0.3, 0.4) is 0 Å². The van der Waals surface area contributed by atoms with E-state index in [0.29, 0.717) is 0 Å². The van der Waals surface area contributed by atoms with Crippen LogP contribution in [-0.4, -0.2) is 53.2 Å². The molecular formula is C17H22N4O. The van der Waals surface area contributed by atoms with E-state index in [1.54, 1.807) is 12.4 Å². The summed E-state index contributed by atoms with van der Waals surface area (Å²) in [7, 11) is 2.15. The third-order valence-corrected chi connectivity index (χ3v) is 4.14. The molecule has 0 aliphatic carbocycles. The number of aliphatic hydroxyl groups excluding tert-OH is 1. The number of aromatic nitrogens is 2. The van der Waals surface area contributed by atoms with Gasteiger partial charge in [-0.25, -0.2) is 4.98 Å². The van der Waals surface area contributed by atoms with Crippen LogP contribution in [0, 0.1) is 0 Å². The number of nitrogens with zero attached hydrogens (tertiary/aromatic N) is 4. The number of anilines is 1. The molecule has 1 aliphatic heterocycles. The van der Waals surface area contributed by atoms with Gasteiger partial charge in [0.05, 0.1) is 6.61 Å². The Kier molecular flexibility index (Phi) is 4.65. The lowest BCUT2D eigenvalue weighted by molar-refractivity contribution is 0.282. The lowest BCUT2D eigenvalue weighted by Gasteiger charge is -2.24. The molecule has 1 saturated heterocycles. The highest BCUT2D eigenvalue weighted by molar-refractivity contribution is 5.74. The van der Waals surface area contributed by atoms with Crippen molar-refractivity contribution in [2.75, 3.05) is 38.1 Å². The van der Waals surface area contributed by atoms with Crippen LogP contribution < -0.4 is 4.90 Å². The first-order valence-electron chi connectivity index (χ1n) is 7.73. The number of hydrogen-bond acceptors (Lipinski definition) is 5. The van der Waals surface area contributed by atoms with Crippen molar-refractivity contribution in [1.29, 1.82) is 0 Å². The molecular weight excluding hydrogens is 276 g/mol. The molecule has 1 fully saturated rings. The summed E-state index contributed by atoms with van der Waals surface area (Å²) in [4.78, 5) is 13.8. The van der Waals surface area contributed by atoms with Crippen molar-refractivity contribution >= 4 is 5.82 Å². The van der Waals surface area contributed by atoms with Crippen molar-refractivity contribution in [2.45, 2.75) is 13.0 Å². The topological polar surface area (TPSA) is 52.5 Å². The average molecular weight is 298 g/mol. The fraction of sp³-hybridized carbons (Fsp3) is 0.412. The van der Waals surface area contributed by atoms with Crippen LogP contribution in [0.15, 0.2) is 36.7 Å². The minimum absolute atomic E-state index is 0.00885. The second kappa shape index (κ2) is 6.85. The van der Waals surface area contributed by atoms with Gasteiger partial charge in [-0.05, 0) is 25.6 Å². The SMILES string of the molecule is CN1CCCN(c2nccnc2-c2ccccc2CO)CC1. The molecule has 3 rings (SSSR count). The lowest BCUT2D eigenvalue weighted by atomic mass is 10.0. The molecule has 0 amide bonds. The van der Waals surface area contributed by atoms with E-state index in [1.165, 1.54) is 0 Å². The zero-order valence-electron chi connectivity index (χ0n) is 12.9. The lowest BCUT2D eigenvalue weighted by Crippen LogP contribution is -2.30. The third-order valence-electron chi connectivity index (χ3n) is 4.14. The van der Waals surface area contributed by atoms with Crippen LogP contribution >= 0.6 is 0 Å². The Labute approximate surface area is 131 Å². The number of aliphatic hydroxyl groups is 1. The van der Waals surface area contributed by atoms with Gasteiger partial charge in [-0.2, -0.15) is 0 Å². The minimum atomic E-state index is 0.00885. The Morgan fingerprint density at radius 2 is 1.86 bits per heavy atom. The van der Waals surface area contributed by atoms with Crippen LogP contribution in [0.1, 0.15) is 12.0 Å². The summed E-state index contributed by atoms with van der Waals surface area (Å²) >= 11 is 0. The molecule has 0 unspecified atom stereocenters. The van der Waals surface area contributed by atoms with Crippen molar-refractivity contribution in [2.24, 2.45) is 0 Å². The highest BCUT2D eigenvalue weighted by atomic mass is 16.3. The van der Waals surface area contributed by atoms with Gasteiger partial charge < -0.3 is 14.9 Å². The van der Waals surface area contributed by atoms with Crippen LogP contribution in [0.25, 0.3) is 11.3 Å². The second-order valence-electron chi connectivity index (χ2n) is 5.69. The van der Waals surface area contributed by atoms with Gasteiger partial charge in [-0.3, -0.25) is 4.98 Å². The molecule has 1 N–H and O–H groups in total. The van der Waals surface area contributed by atoms with Crippen LogP contribution in [0.5, 0.6) is 0 Å². The third kappa shape index (κ3) is 3.10. The van der Waals surface area contributed by atoms with E-state index in [2.05, 4.69) is 26.8 Å². The molecule has 116 valence electrons. The molecule has 0 spiro atoms. The highest BCUT2D eigenvalue weighted by Crippen LogP contribution is 2.29. The normalized spacial score (nSPS) is 16.5. The number of rotatable bonds is 3. The highest BCUT2D eigenvalue weighted by Gasteiger charge is 2.19. The van der Waals surface area contributed by atoms with E-state index >= 15 is 0 Å². The molecule has 5 nitrogen and oxygen atoms in total. The molecule has 0 bridgehead atoms. The van der Waals surface area contributed by atoms with Gasteiger partial charge in [0.15, 0.2) is 5.82 Å². The summed E-state index contributed by atoms with van der Waals surface area (Å²) in [6.07, 6.45) is 4.58. The van der Waals surface area contributed by atoms with Crippen molar-refractivity contribution < 1.29 is 5.11 Å². The molecule has 22 heavy (non-hydrogen) atoms. The van der Waals surface area contributed by atoms with Crippen molar-refractivity contribution in [3.8, 4) is 11.3 Å². The summed E-state index contributed by atoms with van der Waals surface area (Å²) < 4.78 is 0. The summed E-state index contributed by atoms with van der Waals surface area (Å²) in [5.74, 6) is 0.915. The zero-order valence-corrected chi connectivity index (χ0v) is 12.9. The van der Waals surface area contributed by atoms with E-state index in [9.17, 15) is 5.11 Å². The number of hydrogen-bond donors (Lipinski definition) is 1. The number of likely N-dealkylation sites (N-methyl/N-ethyl adjacent to an activating group) is 1. The average Bonchev–Trinajstić information content (AvgIpc) is 2.79. The van der Waals surface area contributed by atoms with Crippen LogP contribution in [0.2, 0.25) is 0 Å². The minimum Gasteiger partial charge on any atom is -0.392 e. The van der Waals surface area contributed by atoms with Crippen LogP contribution in [-0.2, 0) is 6.61 Å². The fourth-order valence-electron chi connectivity index (χ4n) is 2.90. The second-order valence-corrected chi connectivity index (χ2v) is 5.69. The summed E-state index contributed by atoms with van der Waals surface area (Å²) in [5, 5.41) is 9.59. The Bertz CT molecular complexity index is 632. The molecule has 1 aliphatic rings. The Morgan fingerprint density at radius 3 is 2.73 bits per heavy atom. The monoisotopic (exact) mass is 298 g/mol. The van der Waals surface area contributed by atoms with Crippen molar-refractivity contribution in [1.82, 2.24) is 14.9 Å². The maximum atomic E-state index is 9.59. The molecule has 0 saturated carbocycles. The molecule has 0 radical (unpaired) electrons. The predicted octanol–water partition coefficient (Wildman–Crippen LogP) is 1.78. The summed E-state index contributed by atoms with van der Waals surface area (Å²) in [6, 6.07) is 7.85. The predicted molar refractivity (Wildman–Crippen MR) is 87.7 cm³/mol. The summed E-state index contributed by atoms with van der Waals surface area (Å²) in [5.41, 5.74) is 2.71. The molecule has 5 heteroatoms. The maximum Gasteiger partial charge on any atom is 0.155 e. The molecule has 0 atom stereocenters. The van der Waals surface area contributed by atoms with E-state index in [0.717, 1.165) is 55.2 Å². The van der Waals surface area contributed by atoms with E-state index in [-0.39, 0.29) is 6.61 Å². The van der Waals surface area contributed by atoms with Gasteiger partial charge >= 0.3 is 0 Å². The van der Waals surface area contributed by atoms with E-state index < -0.39 is 0 Å². The summed E-state index contributed by atoms with van der Waals surface area (Å²) in [6.45, 7) is 4.08. The largest absolute Gasteiger partial charge is 0.392 e. The van der Waals surface area contributed by atoms with Crippen LogP contribution in [0.4, 0.5) is 5.82 Å². The van der Waals surface area contributed by atoms with E-state index in [1.807, 2.05) is 24.3 Å². The quantitative estimate of drug-likeness (QED) is 0.936. The molecule has 1 aromatic heterocycles. The van der Waals surface area contributed by atoms with Gasteiger partial charge in [-0.1, -0.05) is 24.3 Å². The first-order valence-corrected chi connectivity index (χ1v) is 7.73. The van der Waals surface area contributed by atoms with Crippen molar-refractivity contribution in [3.05, 3.63) is 42.2 Å². The Hall–Kier alpha value is -1.98. The van der Waals surface area contributed by atoms with Crippen molar-refractivity contribution in [3.63, 3.8) is 0 Å². The van der Waals surface area contributed by atoms with Gasteiger partial charge in [0.2, 0.25) is 0 Å².